The van der Waals surface area contributed by atoms with Gasteiger partial charge in [0.25, 0.3) is 0 Å². The molecule has 2 aromatic heterocycles. The molecule has 7 nitrogen and oxygen atoms in total. The Morgan fingerprint density at radius 1 is 1.48 bits per heavy atom. The molecule has 0 radical (unpaired) electrons. The van der Waals surface area contributed by atoms with E-state index in [0.29, 0.717) is 17.8 Å². The number of esters is 1. The molecule has 0 aromatic carbocycles. The third kappa shape index (κ3) is 2.22. The summed E-state index contributed by atoms with van der Waals surface area (Å²) in [5, 5.41) is 13.5. The van der Waals surface area contributed by atoms with Crippen molar-refractivity contribution in [3.63, 3.8) is 0 Å². The van der Waals surface area contributed by atoms with Gasteiger partial charge in [-0.25, -0.2) is 9.78 Å². The molecule has 0 unspecified atom stereocenters. The molecule has 0 amide bonds. The Morgan fingerprint density at radius 3 is 2.83 bits per heavy atom. The van der Waals surface area contributed by atoms with Gasteiger partial charge in [0.15, 0.2) is 5.65 Å². The molecule has 0 saturated carbocycles. The van der Waals surface area contributed by atoms with Gasteiger partial charge in [0, 0.05) is 17.8 Å². The number of ether oxygens (including phenoxy) is 1. The maximum Gasteiger partial charge on any atom is 0.328 e. The number of hydrogen-bond acceptors (Lipinski definition) is 6. The van der Waals surface area contributed by atoms with Gasteiger partial charge in [-0.1, -0.05) is 13.8 Å². The van der Waals surface area contributed by atoms with Crippen LogP contribution in [0.15, 0.2) is 6.20 Å². The number of carbonyl (C=O) groups excluding carboxylic acids is 1. The lowest BCUT2D eigenvalue weighted by Gasteiger charge is -2.30. The van der Waals surface area contributed by atoms with Crippen molar-refractivity contribution in [1.82, 2.24) is 14.6 Å². The molecule has 0 aliphatic carbocycles. The number of rotatable bonds is 3. The van der Waals surface area contributed by atoms with Crippen LogP contribution in [0.4, 0.5) is 5.82 Å². The summed E-state index contributed by atoms with van der Waals surface area (Å²) in [6.07, 6.45) is 2.31. The fourth-order valence-corrected chi connectivity index (χ4v) is 3.28. The maximum atomic E-state index is 12.3. The van der Waals surface area contributed by atoms with Crippen molar-refractivity contribution in [3.05, 3.63) is 23.0 Å². The van der Waals surface area contributed by atoms with Crippen molar-refractivity contribution in [2.75, 3.05) is 18.6 Å². The first-order chi connectivity index (χ1) is 11.0. The number of hydrogen-bond donors (Lipinski definition) is 0. The van der Waals surface area contributed by atoms with Crippen molar-refractivity contribution < 1.29 is 9.53 Å². The number of nitriles is 1. The predicted octanol–water partition coefficient (Wildman–Crippen LogP) is 1.47. The third-order valence-electron chi connectivity index (χ3n) is 4.33. The van der Waals surface area contributed by atoms with E-state index < -0.39 is 0 Å². The second-order valence-corrected chi connectivity index (χ2v) is 6.06. The minimum Gasteiger partial charge on any atom is -0.467 e. The molecule has 23 heavy (non-hydrogen) atoms. The van der Waals surface area contributed by atoms with Gasteiger partial charge in [-0.3, -0.25) is 0 Å². The lowest BCUT2D eigenvalue weighted by molar-refractivity contribution is -0.143. The predicted molar refractivity (Wildman–Crippen MR) is 84.1 cm³/mol. The quantitative estimate of drug-likeness (QED) is 0.798. The number of aryl methyl sites for hydroxylation is 1. The largest absolute Gasteiger partial charge is 0.467 e. The Kier molecular flexibility index (Phi) is 3.68. The zero-order valence-electron chi connectivity index (χ0n) is 13.7. The molecule has 1 atom stereocenters. The topological polar surface area (TPSA) is 83.5 Å². The summed E-state index contributed by atoms with van der Waals surface area (Å²) in [4.78, 5) is 18.8. The molecular weight excluding hydrogens is 294 g/mol. The normalized spacial score (nSPS) is 14.9. The summed E-state index contributed by atoms with van der Waals surface area (Å²) in [6.45, 7) is 6.62. The van der Waals surface area contributed by atoms with E-state index in [1.54, 1.807) is 4.52 Å². The lowest BCUT2D eigenvalue weighted by atomic mass is 10.0. The Morgan fingerprint density at radius 2 is 2.22 bits per heavy atom. The average Bonchev–Trinajstić information content (AvgIpc) is 3.11. The molecule has 2 aromatic rings. The highest BCUT2D eigenvalue weighted by Crippen LogP contribution is 2.34. The number of carbonyl (C=O) groups is 1. The molecule has 0 saturated heterocycles. The zero-order chi connectivity index (χ0) is 16.7. The van der Waals surface area contributed by atoms with E-state index >= 15 is 0 Å². The maximum absolute atomic E-state index is 12.3. The van der Waals surface area contributed by atoms with E-state index in [9.17, 15) is 10.1 Å². The summed E-state index contributed by atoms with van der Waals surface area (Å²) in [6, 6.07) is 1.73. The Labute approximate surface area is 134 Å². The Balaban J connectivity index is 2.22. The van der Waals surface area contributed by atoms with Crippen LogP contribution in [0, 0.1) is 24.2 Å². The molecule has 120 valence electrons. The van der Waals surface area contributed by atoms with Crippen LogP contribution >= 0.6 is 0 Å². The van der Waals surface area contributed by atoms with Crippen LogP contribution in [0.2, 0.25) is 0 Å². The number of anilines is 1. The summed E-state index contributed by atoms with van der Waals surface area (Å²) in [7, 11) is 1.41. The minimum atomic E-state index is -0.388. The second kappa shape index (κ2) is 5.54. The van der Waals surface area contributed by atoms with Gasteiger partial charge < -0.3 is 9.64 Å². The third-order valence-corrected chi connectivity index (χ3v) is 4.33. The molecule has 1 aliphatic rings. The first kappa shape index (κ1) is 15.3. The summed E-state index contributed by atoms with van der Waals surface area (Å²) >= 11 is 0. The highest BCUT2D eigenvalue weighted by atomic mass is 16.5. The minimum absolute atomic E-state index is 0.0860. The Hall–Kier alpha value is -2.62. The zero-order valence-corrected chi connectivity index (χ0v) is 13.7. The van der Waals surface area contributed by atoms with E-state index in [0.717, 1.165) is 23.5 Å². The van der Waals surface area contributed by atoms with Crippen LogP contribution < -0.4 is 4.90 Å². The summed E-state index contributed by atoms with van der Waals surface area (Å²) in [5.41, 5.74) is 2.91. The first-order valence-corrected chi connectivity index (χ1v) is 7.61. The van der Waals surface area contributed by atoms with E-state index in [1.165, 1.54) is 13.3 Å². The van der Waals surface area contributed by atoms with Crippen molar-refractivity contribution in [2.24, 2.45) is 5.92 Å². The first-order valence-electron chi connectivity index (χ1n) is 7.61. The molecule has 0 spiro atoms. The van der Waals surface area contributed by atoms with E-state index in [2.05, 4.69) is 16.2 Å². The van der Waals surface area contributed by atoms with Gasteiger partial charge in [0.05, 0.1) is 13.3 Å². The standard InChI is InChI=1S/C16H19N5O2/c1-9(2)13(16(22)23-4)20-6-5-12-10(3)19-14-11(7-17)8-18-21(14)15(12)20/h8-9,13H,5-6H2,1-4H3/t13-/m0/s1. The van der Waals surface area contributed by atoms with Gasteiger partial charge >= 0.3 is 5.97 Å². The van der Waals surface area contributed by atoms with Gasteiger partial charge in [-0.15, -0.1) is 0 Å². The highest BCUT2D eigenvalue weighted by Gasteiger charge is 2.37. The van der Waals surface area contributed by atoms with E-state index in [-0.39, 0.29) is 17.9 Å². The smallest absolute Gasteiger partial charge is 0.328 e. The van der Waals surface area contributed by atoms with Crippen LogP contribution in [-0.4, -0.2) is 40.3 Å². The molecule has 7 heteroatoms. The van der Waals surface area contributed by atoms with Crippen LogP contribution in [0.1, 0.15) is 30.7 Å². The van der Waals surface area contributed by atoms with Gasteiger partial charge in [-0.05, 0) is 19.3 Å². The summed E-state index contributed by atoms with van der Waals surface area (Å²) < 4.78 is 6.66. The van der Waals surface area contributed by atoms with Crippen molar-refractivity contribution in [1.29, 1.82) is 5.26 Å². The Bertz CT molecular complexity index is 818. The van der Waals surface area contributed by atoms with Crippen LogP contribution in [0.3, 0.4) is 0 Å². The molecule has 3 rings (SSSR count). The lowest BCUT2D eigenvalue weighted by Crippen LogP contribution is -2.45. The fraction of sp³-hybridized carbons (Fsp3) is 0.500. The van der Waals surface area contributed by atoms with Crippen molar-refractivity contribution in [2.45, 2.75) is 33.2 Å². The van der Waals surface area contributed by atoms with E-state index in [1.807, 2.05) is 25.7 Å². The van der Waals surface area contributed by atoms with E-state index in [4.69, 9.17) is 4.74 Å². The van der Waals surface area contributed by atoms with Crippen LogP contribution in [0.5, 0.6) is 0 Å². The highest BCUT2D eigenvalue weighted by molar-refractivity contribution is 5.81. The van der Waals surface area contributed by atoms with Crippen molar-refractivity contribution >= 4 is 17.4 Å². The average molecular weight is 313 g/mol. The van der Waals surface area contributed by atoms with Gasteiger partial charge in [0.2, 0.25) is 0 Å². The second-order valence-electron chi connectivity index (χ2n) is 6.06. The van der Waals surface area contributed by atoms with Crippen LogP contribution in [0.25, 0.3) is 5.65 Å². The summed E-state index contributed by atoms with van der Waals surface area (Å²) in [5.74, 6) is 0.671. The van der Waals surface area contributed by atoms with Gasteiger partial charge in [-0.2, -0.15) is 14.9 Å². The monoisotopic (exact) mass is 313 g/mol. The molecule has 1 aliphatic heterocycles. The van der Waals surface area contributed by atoms with Crippen LogP contribution in [-0.2, 0) is 16.0 Å². The fourth-order valence-electron chi connectivity index (χ4n) is 3.28. The SMILES string of the molecule is COC(=O)[C@H](C(C)C)N1CCc2c(C)nc3c(C#N)cnn3c21. The van der Waals surface area contributed by atoms with Gasteiger partial charge in [0.1, 0.15) is 23.5 Å². The number of methoxy groups -OCH3 is 1. The number of nitrogens with zero attached hydrogens (tertiary/aromatic N) is 5. The molecule has 0 bridgehead atoms. The molecule has 0 N–H and O–H groups in total. The number of fused-ring (bicyclic) bond motifs is 3. The van der Waals surface area contributed by atoms with Crippen molar-refractivity contribution in [3.8, 4) is 6.07 Å². The molecular formula is C16H19N5O2. The number of aromatic nitrogens is 3. The molecule has 3 heterocycles. The molecule has 0 fully saturated rings.